The van der Waals surface area contributed by atoms with Crippen molar-refractivity contribution in [1.82, 2.24) is 9.97 Å². The number of aromatic carboxylic acids is 1. The van der Waals surface area contributed by atoms with E-state index in [2.05, 4.69) is 9.97 Å². The molecule has 0 bridgehead atoms. The topological polar surface area (TPSA) is 63.1 Å². The van der Waals surface area contributed by atoms with Gasteiger partial charge in [-0.2, -0.15) is 13.2 Å². The predicted octanol–water partition coefficient (Wildman–Crippen LogP) is 3.47. The van der Waals surface area contributed by atoms with Crippen LogP contribution in [0.5, 0.6) is 0 Å². The number of hydrogen-bond acceptors (Lipinski definition) is 3. The van der Waals surface area contributed by atoms with Crippen LogP contribution in [0.3, 0.4) is 0 Å². The lowest BCUT2D eigenvalue weighted by Crippen LogP contribution is -2.15. The van der Waals surface area contributed by atoms with E-state index in [9.17, 15) is 18.0 Å². The normalized spacial score (nSPS) is 12.1. The number of fused-ring (bicyclic) bond motifs is 1. The van der Waals surface area contributed by atoms with Crippen LogP contribution in [0.1, 0.15) is 41.4 Å². The van der Waals surface area contributed by atoms with Crippen molar-refractivity contribution >= 4 is 17.0 Å². The average Bonchev–Trinajstić information content (AvgIpc) is 2.35. The lowest BCUT2D eigenvalue weighted by atomic mass is 10.0. The van der Waals surface area contributed by atoms with Crippen molar-refractivity contribution in [2.75, 3.05) is 0 Å². The fourth-order valence-corrected chi connectivity index (χ4v) is 1.78. The average molecular weight is 284 g/mol. The maximum atomic E-state index is 12.8. The SMILES string of the molecule is CC(C)c1cnc2nc(C(F)(F)F)c(C(=O)O)cc2c1. The second-order valence-corrected chi connectivity index (χ2v) is 4.66. The molecule has 2 aromatic heterocycles. The molecule has 2 rings (SSSR count). The molecule has 0 aliphatic heterocycles. The smallest absolute Gasteiger partial charge is 0.434 e. The van der Waals surface area contributed by atoms with Crippen LogP contribution in [-0.4, -0.2) is 21.0 Å². The molecule has 4 nitrogen and oxygen atoms in total. The van der Waals surface area contributed by atoms with Gasteiger partial charge in [0.15, 0.2) is 11.3 Å². The van der Waals surface area contributed by atoms with Crippen molar-refractivity contribution in [3.8, 4) is 0 Å². The second kappa shape index (κ2) is 4.73. The van der Waals surface area contributed by atoms with E-state index in [0.717, 1.165) is 11.6 Å². The third-order valence-corrected chi connectivity index (χ3v) is 2.85. The van der Waals surface area contributed by atoms with E-state index in [-0.39, 0.29) is 17.0 Å². The zero-order chi connectivity index (χ0) is 15.1. The van der Waals surface area contributed by atoms with Gasteiger partial charge in [-0.05, 0) is 23.6 Å². The molecule has 0 spiro atoms. The minimum atomic E-state index is -4.83. The number of rotatable bonds is 2. The van der Waals surface area contributed by atoms with Gasteiger partial charge in [0, 0.05) is 11.6 Å². The Morgan fingerprint density at radius 3 is 2.45 bits per heavy atom. The molecule has 20 heavy (non-hydrogen) atoms. The van der Waals surface area contributed by atoms with Gasteiger partial charge in [0.2, 0.25) is 0 Å². The number of pyridine rings is 2. The summed E-state index contributed by atoms with van der Waals surface area (Å²) in [7, 11) is 0. The Morgan fingerprint density at radius 1 is 1.30 bits per heavy atom. The number of carboxylic acid groups (broad SMARTS) is 1. The largest absolute Gasteiger partial charge is 0.478 e. The quantitative estimate of drug-likeness (QED) is 0.917. The summed E-state index contributed by atoms with van der Waals surface area (Å²) in [6.07, 6.45) is -3.39. The van der Waals surface area contributed by atoms with Crippen molar-refractivity contribution in [3.05, 3.63) is 35.2 Å². The molecule has 1 N–H and O–H groups in total. The molecule has 0 atom stereocenters. The summed E-state index contributed by atoms with van der Waals surface area (Å²) in [6, 6.07) is 2.57. The van der Waals surface area contributed by atoms with Crippen molar-refractivity contribution in [2.45, 2.75) is 25.9 Å². The molecular formula is C13H11F3N2O2. The Balaban J connectivity index is 2.75. The maximum absolute atomic E-state index is 12.8. The number of hydrogen-bond donors (Lipinski definition) is 1. The highest BCUT2D eigenvalue weighted by Gasteiger charge is 2.38. The van der Waals surface area contributed by atoms with Crippen molar-refractivity contribution < 1.29 is 23.1 Å². The molecule has 0 saturated heterocycles. The molecule has 0 radical (unpaired) electrons. The van der Waals surface area contributed by atoms with Gasteiger partial charge in [-0.15, -0.1) is 0 Å². The van der Waals surface area contributed by atoms with Gasteiger partial charge < -0.3 is 5.11 Å². The Bertz CT molecular complexity index is 681. The minimum absolute atomic E-state index is 0.119. The summed E-state index contributed by atoms with van der Waals surface area (Å²) >= 11 is 0. The van der Waals surface area contributed by atoms with Gasteiger partial charge in [0.25, 0.3) is 0 Å². The summed E-state index contributed by atoms with van der Waals surface area (Å²) in [6.45, 7) is 3.80. The fraction of sp³-hybridized carbons (Fsp3) is 0.308. The van der Waals surface area contributed by atoms with Crippen molar-refractivity contribution in [2.24, 2.45) is 0 Å². The van der Waals surface area contributed by atoms with Crippen molar-refractivity contribution in [3.63, 3.8) is 0 Å². The Labute approximate surface area is 112 Å². The number of carboxylic acids is 1. The minimum Gasteiger partial charge on any atom is -0.478 e. The van der Waals surface area contributed by atoms with E-state index in [1.165, 1.54) is 6.20 Å². The molecule has 0 unspecified atom stereocenters. The summed E-state index contributed by atoms with van der Waals surface area (Å²) in [5.74, 6) is -1.54. The molecule has 0 aliphatic rings. The van der Waals surface area contributed by atoms with E-state index in [0.29, 0.717) is 0 Å². The number of nitrogens with zero attached hydrogens (tertiary/aromatic N) is 2. The zero-order valence-corrected chi connectivity index (χ0v) is 10.7. The highest BCUT2D eigenvalue weighted by Crippen LogP contribution is 2.32. The lowest BCUT2D eigenvalue weighted by molar-refractivity contribution is -0.141. The first-order valence-corrected chi connectivity index (χ1v) is 5.81. The molecule has 0 fully saturated rings. The van der Waals surface area contributed by atoms with Gasteiger partial charge in [0.05, 0.1) is 5.56 Å². The zero-order valence-electron chi connectivity index (χ0n) is 10.7. The van der Waals surface area contributed by atoms with Gasteiger partial charge in [-0.25, -0.2) is 14.8 Å². The highest BCUT2D eigenvalue weighted by atomic mass is 19.4. The van der Waals surface area contributed by atoms with Gasteiger partial charge >= 0.3 is 12.1 Å². The van der Waals surface area contributed by atoms with Crippen LogP contribution >= 0.6 is 0 Å². The van der Waals surface area contributed by atoms with E-state index in [1.54, 1.807) is 6.07 Å². The third-order valence-electron chi connectivity index (χ3n) is 2.85. The molecule has 0 saturated carbocycles. The molecule has 7 heteroatoms. The molecule has 0 amide bonds. The van der Waals surface area contributed by atoms with E-state index >= 15 is 0 Å². The summed E-state index contributed by atoms with van der Waals surface area (Å²) in [4.78, 5) is 18.2. The number of aromatic nitrogens is 2. The van der Waals surface area contributed by atoms with Crippen LogP contribution in [0.4, 0.5) is 13.2 Å². The number of halogens is 3. The summed E-state index contributed by atoms with van der Waals surface area (Å²) in [5.41, 5.74) is -1.61. The first-order valence-electron chi connectivity index (χ1n) is 5.81. The first kappa shape index (κ1) is 14.2. The van der Waals surface area contributed by atoms with Crippen LogP contribution in [0.2, 0.25) is 0 Å². The Hall–Kier alpha value is -2.18. The Kier molecular flexibility index (Phi) is 3.37. The standard InChI is InChI=1S/C13H11F3N2O2/c1-6(2)8-3-7-4-9(12(19)20)10(13(14,15)16)18-11(7)17-5-8/h3-6H,1-2H3,(H,19,20). The summed E-state index contributed by atoms with van der Waals surface area (Å²) in [5, 5.41) is 9.19. The monoisotopic (exact) mass is 284 g/mol. The van der Waals surface area contributed by atoms with Gasteiger partial charge in [-0.1, -0.05) is 13.8 Å². The fourth-order valence-electron chi connectivity index (χ4n) is 1.78. The molecule has 0 aliphatic carbocycles. The second-order valence-electron chi connectivity index (χ2n) is 4.66. The molecule has 2 heterocycles. The predicted molar refractivity (Wildman–Crippen MR) is 65.6 cm³/mol. The van der Waals surface area contributed by atoms with Crippen LogP contribution in [0.25, 0.3) is 11.0 Å². The summed E-state index contributed by atoms with van der Waals surface area (Å²) < 4.78 is 38.4. The van der Waals surface area contributed by atoms with E-state index in [4.69, 9.17) is 5.11 Å². The van der Waals surface area contributed by atoms with Crippen molar-refractivity contribution in [1.29, 1.82) is 0 Å². The van der Waals surface area contributed by atoms with Crippen LogP contribution in [-0.2, 0) is 6.18 Å². The third kappa shape index (κ3) is 2.56. The first-order chi connectivity index (χ1) is 9.20. The number of carbonyl (C=O) groups is 1. The highest BCUT2D eigenvalue weighted by molar-refractivity contribution is 5.93. The van der Waals surface area contributed by atoms with Crippen LogP contribution in [0, 0.1) is 0 Å². The van der Waals surface area contributed by atoms with Gasteiger partial charge in [-0.3, -0.25) is 0 Å². The molecule has 0 aromatic carbocycles. The maximum Gasteiger partial charge on any atom is 0.434 e. The van der Waals surface area contributed by atoms with Crippen LogP contribution in [0.15, 0.2) is 18.3 Å². The van der Waals surface area contributed by atoms with E-state index < -0.39 is 23.4 Å². The molecular weight excluding hydrogens is 273 g/mol. The van der Waals surface area contributed by atoms with E-state index in [1.807, 2.05) is 13.8 Å². The molecule has 106 valence electrons. The number of alkyl halides is 3. The Morgan fingerprint density at radius 2 is 1.95 bits per heavy atom. The van der Waals surface area contributed by atoms with Gasteiger partial charge in [0.1, 0.15) is 0 Å². The van der Waals surface area contributed by atoms with Crippen LogP contribution < -0.4 is 0 Å². The lowest BCUT2D eigenvalue weighted by Gasteiger charge is -2.11. The molecule has 2 aromatic rings.